The molecule has 1 rings (SSSR count). The predicted molar refractivity (Wildman–Crippen MR) is 45.3 cm³/mol. The molecule has 60 valence electrons. The van der Waals surface area contributed by atoms with Gasteiger partial charge in [-0.15, -0.1) is 4.91 Å². The van der Waals surface area contributed by atoms with Crippen LogP contribution < -0.4 is 0 Å². The minimum Gasteiger partial charge on any atom is -0.195 e. The summed E-state index contributed by atoms with van der Waals surface area (Å²) < 4.78 is 0. The average molecular weight is 160 g/mol. The number of benzene rings is 1. The van der Waals surface area contributed by atoms with Crippen LogP contribution in [0.5, 0.6) is 0 Å². The third kappa shape index (κ3) is 1.67. The van der Waals surface area contributed by atoms with Crippen molar-refractivity contribution in [1.29, 1.82) is 5.26 Å². The van der Waals surface area contributed by atoms with Gasteiger partial charge in [0.15, 0.2) is 0 Å². The third-order valence-corrected chi connectivity index (χ3v) is 1.62. The molecule has 3 nitrogen and oxygen atoms in total. The Hall–Kier alpha value is -1.69. The minimum atomic E-state index is -0.870. The lowest BCUT2D eigenvalue weighted by Crippen LogP contribution is -1.89. The van der Waals surface area contributed by atoms with Crippen LogP contribution in [0, 0.1) is 23.2 Å². The van der Waals surface area contributed by atoms with Crippen LogP contribution in [0.4, 0.5) is 0 Å². The first-order valence-corrected chi connectivity index (χ1v) is 3.56. The molecule has 0 spiro atoms. The molecule has 0 bridgehead atoms. The Morgan fingerprint density at radius 3 is 2.42 bits per heavy atom. The smallest absolute Gasteiger partial charge is 0.195 e. The Morgan fingerprint density at radius 1 is 1.42 bits per heavy atom. The number of nitroso groups, excluding NO2 is 1. The topological polar surface area (TPSA) is 53.2 Å². The van der Waals surface area contributed by atoms with E-state index in [1.54, 1.807) is 12.1 Å². The van der Waals surface area contributed by atoms with Crippen molar-refractivity contribution < 1.29 is 0 Å². The van der Waals surface area contributed by atoms with E-state index in [1.165, 1.54) is 0 Å². The number of aryl methyl sites for hydroxylation is 1. The van der Waals surface area contributed by atoms with E-state index in [0.717, 1.165) is 5.56 Å². The third-order valence-electron chi connectivity index (χ3n) is 1.62. The van der Waals surface area contributed by atoms with E-state index in [9.17, 15) is 4.91 Å². The summed E-state index contributed by atoms with van der Waals surface area (Å²) in [4.78, 5) is 10.1. The van der Waals surface area contributed by atoms with Crippen molar-refractivity contribution >= 4 is 0 Å². The van der Waals surface area contributed by atoms with E-state index in [-0.39, 0.29) is 0 Å². The van der Waals surface area contributed by atoms with E-state index in [1.807, 2.05) is 25.1 Å². The Kier molecular flexibility index (Phi) is 2.54. The van der Waals surface area contributed by atoms with Gasteiger partial charge in [-0.25, -0.2) is 0 Å². The molecule has 0 saturated heterocycles. The molecule has 0 aliphatic rings. The maximum Gasteiger partial charge on any atom is 0.203 e. The number of nitrogens with zero attached hydrogens (tertiary/aromatic N) is 2. The fraction of sp³-hybridized carbons (Fsp3) is 0.222. The summed E-state index contributed by atoms with van der Waals surface area (Å²) in [7, 11) is 0. The molecule has 3 heteroatoms. The Labute approximate surface area is 70.6 Å². The molecule has 0 aliphatic carbocycles. The SMILES string of the molecule is Cc1ccc(C(C#N)N=O)cc1. The molecule has 0 N–H and O–H groups in total. The monoisotopic (exact) mass is 160 g/mol. The van der Waals surface area contributed by atoms with E-state index >= 15 is 0 Å². The minimum absolute atomic E-state index is 0.651. The van der Waals surface area contributed by atoms with Crippen LogP contribution in [0.15, 0.2) is 29.4 Å². The van der Waals surface area contributed by atoms with Gasteiger partial charge in [0, 0.05) is 0 Å². The van der Waals surface area contributed by atoms with Gasteiger partial charge in [0.05, 0.1) is 6.07 Å². The van der Waals surface area contributed by atoms with Gasteiger partial charge in [-0.05, 0) is 17.7 Å². The summed E-state index contributed by atoms with van der Waals surface area (Å²) in [5.74, 6) is 0. The van der Waals surface area contributed by atoms with Gasteiger partial charge in [-0.3, -0.25) is 0 Å². The first-order chi connectivity index (χ1) is 5.77. The summed E-state index contributed by atoms with van der Waals surface area (Å²) in [5.41, 5.74) is 1.75. The Morgan fingerprint density at radius 2 is 2.00 bits per heavy atom. The van der Waals surface area contributed by atoms with Crippen molar-refractivity contribution in [2.24, 2.45) is 5.18 Å². The van der Waals surface area contributed by atoms with Gasteiger partial charge < -0.3 is 0 Å². The maximum atomic E-state index is 10.1. The van der Waals surface area contributed by atoms with Crippen LogP contribution in [0.3, 0.4) is 0 Å². The molecule has 1 unspecified atom stereocenters. The number of hydrogen-bond donors (Lipinski definition) is 0. The molecule has 1 aromatic carbocycles. The average Bonchev–Trinajstić information content (AvgIpc) is 2.10. The zero-order chi connectivity index (χ0) is 8.97. The van der Waals surface area contributed by atoms with Crippen molar-refractivity contribution in [2.45, 2.75) is 13.0 Å². The summed E-state index contributed by atoms with van der Waals surface area (Å²) in [5, 5.41) is 11.2. The fourth-order valence-corrected chi connectivity index (χ4v) is 0.908. The van der Waals surface area contributed by atoms with Crippen LogP contribution >= 0.6 is 0 Å². The highest BCUT2D eigenvalue weighted by atomic mass is 16.3. The quantitative estimate of drug-likeness (QED) is 0.623. The van der Waals surface area contributed by atoms with Gasteiger partial charge in [0.2, 0.25) is 6.04 Å². The van der Waals surface area contributed by atoms with Gasteiger partial charge in [-0.1, -0.05) is 29.8 Å². The van der Waals surface area contributed by atoms with Crippen LogP contribution in [0.2, 0.25) is 0 Å². The van der Waals surface area contributed by atoms with Crippen LogP contribution in [0.25, 0.3) is 0 Å². The summed E-state index contributed by atoms with van der Waals surface area (Å²) in [6.45, 7) is 1.94. The van der Waals surface area contributed by atoms with Crippen molar-refractivity contribution in [3.05, 3.63) is 40.3 Å². The standard InChI is InChI=1S/C9H8N2O/c1-7-2-4-8(5-3-7)9(6-10)11-12/h2-5,9H,1H3. The van der Waals surface area contributed by atoms with Crippen LogP contribution in [-0.2, 0) is 0 Å². The lowest BCUT2D eigenvalue weighted by atomic mass is 10.1. The van der Waals surface area contributed by atoms with E-state index in [0.29, 0.717) is 5.56 Å². The highest BCUT2D eigenvalue weighted by Gasteiger charge is 2.08. The zero-order valence-electron chi connectivity index (χ0n) is 6.69. The molecule has 0 fully saturated rings. The summed E-state index contributed by atoms with van der Waals surface area (Å²) in [6.07, 6.45) is 0. The van der Waals surface area contributed by atoms with Gasteiger partial charge >= 0.3 is 0 Å². The Bertz CT molecular complexity index is 310. The van der Waals surface area contributed by atoms with Crippen molar-refractivity contribution in [3.63, 3.8) is 0 Å². The number of hydrogen-bond acceptors (Lipinski definition) is 3. The molecule has 0 aromatic heterocycles. The molecule has 0 amide bonds. The number of nitriles is 1. The van der Waals surface area contributed by atoms with Gasteiger partial charge in [-0.2, -0.15) is 5.26 Å². The molecule has 1 atom stereocenters. The zero-order valence-corrected chi connectivity index (χ0v) is 6.69. The molecule has 0 saturated carbocycles. The van der Waals surface area contributed by atoms with Crippen molar-refractivity contribution in [2.75, 3.05) is 0 Å². The first kappa shape index (κ1) is 8.41. The van der Waals surface area contributed by atoms with Gasteiger partial charge in [0.25, 0.3) is 0 Å². The summed E-state index contributed by atoms with van der Waals surface area (Å²) in [6, 6.07) is 8.12. The van der Waals surface area contributed by atoms with Crippen molar-refractivity contribution in [1.82, 2.24) is 0 Å². The van der Waals surface area contributed by atoms with E-state index in [4.69, 9.17) is 5.26 Å². The second-order valence-electron chi connectivity index (χ2n) is 2.55. The van der Waals surface area contributed by atoms with E-state index in [2.05, 4.69) is 5.18 Å². The molecular formula is C9H8N2O. The van der Waals surface area contributed by atoms with Crippen LogP contribution in [-0.4, -0.2) is 0 Å². The largest absolute Gasteiger partial charge is 0.203 e. The molecule has 12 heavy (non-hydrogen) atoms. The van der Waals surface area contributed by atoms with Gasteiger partial charge in [0.1, 0.15) is 0 Å². The Balaban J connectivity index is 2.97. The fourth-order valence-electron chi connectivity index (χ4n) is 0.908. The highest BCUT2D eigenvalue weighted by molar-refractivity contribution is 5.27. The molecular weight excluding hydrogens is 152 g/mol. The molecule has 1 aromatic rings. The molecule has 0 heterocycles. The molecule has 0 radical (unpaired) electrons. The lowest BCUT2D eigenvalue weighted by Gasteiger charge is -1.99. The maximum absolute atomic E-state index is 10.1. The molecule has 0 aliphatic heterocycles. The van der Waals surface area contributed by atoms with E-state index < -0.39 is 6.04 Å². The lowest BCUT2D eigenvalue weighted by molar-refractivity contribution is 0.915. The highest BCUT2D eigenvalue weighted by Crippen LogP contribution is 2.15. The first-order valence-electron chi connectivity index (χ1n) is 3.56. The summed E-state index contributed by atoms with van der Waals surface area (Å²) >= 11 is 0. The van der Waals surface area contributed by atoms with Crippen molar-refractivity contribution in [3.8, 4) is 6.07 Å². The normalized spacial score (nSPS) is 11.7. The second-order valence-corrected chi connectivity index (χ2v) is 2.55. The number of rotatable bonds is 2. The van der Waals surface area contributed by atoms with Crippen LogP contribution in [0.1, 0.15) is 17.2 Å². The second kappa shape index (κ2) is 3.63. The predicted octanol–water partition coefficient (Wildman–Crippen LogP) is 2.33.